The second kappa shape index (κ2) is 10.9. The van der Waals surface area contributed by atoms with Crippen LogP contribution in [-0.4, -0.2) is 9.13 Å². The summed E-state index contributed by atoms with van der Waals surface area (Å²) < 4.78 is 10.9. The van der Waals surface area contributed by atoms with Crippen LogP contribution in [0.2, 0.25) is 0 Å². The Hall–Kier alpha value is -5.38. The van der Waals surface area contributed by atoms with Crippen LogP contribution in [0, 0.1) is 45.3 Å². The highest BCUT2D eigenvalue weighted by Gasteiger charge is 2.32. The highest BCUT2D eigenvalue weighted by atomic mass is 32.1. The summed E-state index contributed by atoms with van der Waals surface area (Å²) in [5, 5.41) is 41.9. The van der Waals surface area contributed by atoms with Gasteiger partial charge in [0.05, 0.1) is 28.5 Å². The molecule has 0 amide bonds. The number of hydrogen-bond acceptors (Lipinski definition) is 6. The first-order valence-corrected chi connectivity index (χ1v) is 14.3. The summed E-state index contributed by atoms with van der Waals surface area (Å²) in [6.45, 7) is 0. The molecule has 42 heavy (non-hydrogen) atoms. The molecule has 202 valence electrons. The van der Waals surface area contributed by atoms with Gasteiger partial charge in [-0.3, -0.25) is 0 Å². The standard InChI is InChI=1S/C34H24N6OS/c1-39-28-7-4-3-6-24(28)26(14-21(17-35)18-36)33(39)31-12-11-30(41-31)23-9-10-29-25(16-23)27(15-22(19-37)20-38)34(40(29)2)32-8-5-13-42-32/h3-10,13-16,30-31H,11-12H2,1-2H3. The molecule has 1 fully saturated rings. The van der Waals surface area contributed by atoms with Crippen molar-refractivity contribution in [2.75, 3.05) is 0 Å². The largest absolute Gasteiger partial charge is 0.364 e. The van der Waals surface area contributed by atoms with E-state index in [9.17, 15) is 21.0 Å². The molecule has 4 heterocycles. The molecule has 5 aromatic rings. The van der Waals surface area contributed by atoms with Crippen molar-refractivity contribution in [1.29, 1.82) is 21.0 Å². The fourth-order valence-corrected chi connectivity index (χ4v) is 6.90. The number of ether oxygens (including phenoxy) is 1. The molecule has 1 aliphatic heterocycles. The highest BCUT2D eigenvalue weighted by Crippen LogP contribution is 2.46. The van der Waals surface area contributed by atoms with Gasteiger partial charge in [0.15, 0.2) is 0 Å². The molecule has 1 aliphatic rings. The molecule has 2 aromatic carbocycles. The molecule has 3 aromatic heterocycles. The maximum Gasteiger partial charge on any atom is 0.130 e. The third-order valence-corrected chi connectivity index (χ3v) is 8.84. The van der Waals surface area contributed by atoms with E-state index < -0.39 is 0 Å². The van der Waals surface area contributed by atoms with Crippen molar-refractivity contribution in [3.63, 3.8) is 0 Å². The lowest BCUT2D eigenvalue weighted by molar-refractivity contribution is 0.0403. The minimum Gasteiger partial charge on any atom is -0.364 e. The van der Waals surface area contributed by atoms with E-state index in [0.29, 0.717) is 0 Å². The quantitative estimate of drug-likeness (QED) is 0.202. The first-order valence-electron chi connectivity index (χ1n) is 13.4. The van der Waals surface area contributed by atoms with E-state index >= 15 is 0 Å². The van der Waals surface area contributed by atoms with Crippen LogP contribution in [0.15, 0.2) is 71.1 Å². The minimum absolute atomic E-state index is 0.0490. The van der Waals surface area contributed by atoms with E-state index in [1.54, 1.807) is 23.5 Å². The van der Waals surface area contributed by atoms with E-state index in [1.165, 1.54) is 0 Å². The average Bonchev–Trinajstić information content (AvgIpc) is 3.81. The number of para-hydroxylation sites is 1. The molecular formula is C34H24N6OS. The second-order valence-corrected chi connectivity index (χ2v) is 11.2. The van der Waals surface area contributed by atoms with Gasteiger partial charge in [-0.05, 0) is 60.2 Å². The topological polar surface area (TPSA) is 114 Å². The van der Waals surface area contributed by atoms with E-state index in [2.05, 4.69) is 27.3 Å². The van der Waals surface area contributed by atoms with Gasteiger partial charge in [0, 0.05) is 47.0 Å². The summed E-state index contributed by atoms with van der Waals surface area (Å²) >= 11 is 1.61. The van der Waals surface area contributed by atoms with Gasteiger partial charge >= 0.3 is 0 Å². The zero-order valence-electron chi connectivity index (χ0n) is 23.0. The molecule has 1 saturated heterocycles. The average molecular weight is 565 g/mol. The van der Waals surface area contributed by atoms with Gasteiger partial charge in [0.1, 0.15) is 35.4 Å². The van der Waals surface area contributed by atoms with Crippen molar-refractivity contribution in [1.82, 2.24) is 9.13 Å². The summed E-state index contributed by atoms with van der Waals surface area (Å²) in [5.41, 5.74) is 6.71. The number of nitrogens with zero attached hydrogens (tertiary/aromatic N) is 6. The highest BCUT2D eigenvalue weighted by molar-refractivity contribution is 7.13. The van der Waals surface area contributed by atoms with E-state index in [4.69, 9.17) is 4.74 Å². The molecule has 0 radical (unpaired) electrons. The van der Waals surface area contributed by atoms with Gasteiger partial charge in [0.25, 0.3) is 0 Å². The number of nitriles is 4. The zero-order chi connectivity index (χ0) is 29.4. The minimum atomic E-state index is -0.228. The van der Waals surface area contributed by atoms with E-state index in [0.717, 1.165) is 67.6 Å². The Morgan fingerprint density at radius 3 is 2.14 bits per heavy atom. The molecule has 0 aliphatic carbocycles. The van der Waals surface area contributed by atoms with Gasteiger partial charge in [0.2, 0.25) is 0 Å². The molecule has 7 nitrogen and oxygen atoms in total. The summed E-state index contributed by atoms with van der Waals surface area (Å²) in [6.07, 6.45) is 4.51. The Morgan fingerprint density at radius 2 is 1.45 bits per heavy atom. The maximum absolute atomic E-state index is 9.53. The summed E-state index contributed by atoms with van der Waals surface area (Å²) in [5.74, 6) is 0. The molecule has 0 spiro atoms. The third kappa shape index (κ3) is 4.37. The van der Waals surface area contributed by atoms with Crippen molar-refractivity contribution in [2.24, 2.45) is 14.1 Å². The molecule has 8 heteroatoms. The van der Waals surface area contributed by atoms with Crippen LogP contribution in [0.3, 0.4) is 0 Å². The summed E-state index contributed by atoms with van der Waals surface area (Å²) in [7, 11) is 3.99. The lowest BCUT2D eigenvalue weighted by Gasteiger charge is -2.17. The maximum atomic E-state index is 9.53. The summed E-state index contributed by atoms with van der Waals surface area (Å²) in [4.78, 5) is 1.05. The Balaban J connectivity index is 1.44. The number of thiophene rings is 1. The second-order valence-electron chi connectivity index (χ2n) is 10.2. The van der Waals surface area contributed by atoms with Crippen LogP contribution in [-0.2, 0) is 18.8 Å². The fraction of sp³-hybridized carbons (Fsp3) is 0.176. The number of fused-ring (bicyclic) bond motifs is 2. The van der Waals surface area contributed by atoms with Gasteiger partial charge in [-0.15, -0.1) is 11.3 Å². The number of allylic oxidation sites excluding steroid dienone is 2. The van der Waals surface area contributed by atoms with E-state index in [-0.39, 0.29) is 23.4 Å². The van der Waals surface area contributed by atoms with Gasteiger partial charge in [-0.1, -0.05) is 30.3 Å². The van der Waals surface area contributed by atoms with Crippen molar-refractivity contribution in [2.45, 2.75) is 25.0 Å². The van der Waals surface area contributed by atoms with Crippen LogP contribution in [0.25, 0.3) is 44.5 Å². The predicted molar refractivity (Wildman–Crippen MR) is 163 cm³/mol. The Morgan fingerprint density at radius 1 is 0.786 bits per heavy atom. The number of hydrogen-bond donors (Lipinski definition) is 0. The fourth-order valence-electron chi connectivity index (χ4n) is 6.08. The van der Waals surface area contributed by atoms with Crippen LogP contribution in [0.4, 0.5) is 0 Å². The smallest absolute Gasteiger partial charge is 0.130 e. The van der Waals surface area contributed by atoms with Crippen LogP contribution >= 0.6 is 11.3 Å². The van der Waals surface area contributed by atoms with Gasteiger partial charge in [-0.25, -0.2) is 0 Å². The Kier molecular flexibility index (Phi) is 6.95. The Bertz CT molecular complexity index is 2070. The first kappa shape index (κ1) is 26.8. The number of benzene rings is 2. The van der Waals surface area contributed by atoms with Crippen LogP contribution in [0.5, 0.6) is 0 Å². The van der Waals surface area contributed by atoms with Gasteiger partial charge < -0.3 is 13.9 Å². The van der Waals surface area contributed by atoms with E-state index in [1.807, 2.05) is 80.2 Å². The predicted octanol–water partition coefficient (Wildman–Crippen LogP) is 7.85. The first-order chi connectivity index (χ1) is 20.5. The van der Waals surface area contributed by atoms with Gasteiger partial charge in [-0.2, -0.15) is 21.0 Å². The zero-order valence-corrected chi connectivity index (χ0v) is 23.8. The SMILES string of the molecule is Cn1c(-c2cccs2)c(C=C(C#N)C#N)c2cc(C3CCC(c4c(C=C(C#N)C#N)c5ccccc5n4C)O3)ccc21. The molecule has 0 N–H and O–H groups in total. The molecule has 6 rings (SSSR count). The lowest BCUT2D eigenvalue weighted by atomic mass is 10.00. The van der Waals surface area contributed by atoms with Crippen LogP contribution < -0.4 is 0 Å². The van der Waals surface area contributed by atoms with Crippen molar-refractivity contribution in [3.8, 4) is 34.8 Å². The van der Waals surface area contributed by atoms with Crippen LogP contribution in [0.1, 0.15) is 47.4 Å². The molecule has 0 bridgehead atoms. The summed E-state index contributed by atoms with van der Waals surface area (Å²) in [6, 6.07) is 26.3. The molecular weight excluding hydrogens is 540 g/mol. The Labute approximate surface area is 247 Å². The third-order valence-electron chi connectivity index (χ3n) is 7.97. The van der Waals surface area contributed by atoms with Crippen molar-refractivity contribution < 1.29 is 4.74 Å². The number of rotatable bonds is 5. The normalized spacial score (nSPS) is 16.0. The lowest BCUT2D eigenvalue weighted by Crippen LogP contribution is -2.06. The molecule has 2 unspecified atom stereocenters. The van der Waals surface area contributed by atoms with Crippen molar-refractivity contribution >= 4 is 45.3 Å². The van der Waals surface area contributed by atoms with Crippen molar-refractivity contribution in [3.05, 3.63) is 93.5 Å². The molecule has 2 atom stereocenters. The molecule has 0 saturated carbocycles. The monoisotopic (exact) mass is 564 g/mol. The number of aromatic nitrogens is 2. The number of aryl methyl sites for hydroxylation is 2.